The highest BCUT2D eigenvalue weighted by molar-refractivity contribution is 5.80. The molecule has 0 aliphatic carbocycles. The minimum Gasteiger partial charge on any atom is -0.352 e. The first kappa shape index (κ1) is 9.32. The summed E-state index contributed by atoms with van der Waals surface area (Å²) < 4.78 is 4.79. The van der Waals surface area contributed by atoms with Crippen molar-refractivity contribution < 1.29 is 9.45 Å². The lowest BCUT2D eigenvalue weighted by Gasteiger charge is -1.83. The topological polar surface area (TPSA) is 86.2 Å². The van der Waals surface area contributed by atoms with E-state index >= 15 is 0 Å². The Morgan fingerprint density at radius 1 is 1.47 bits per heavy atom. The lowest BCUT2D eigenvalue weighted by molar-refractivity contribution is -0.384. The molecule has 1 aromatic carbocycles. The molecular formula is C9H6N2O4. The molecule has 0 N–H and O–H groups in total. The maximum absolute atomic E-state index is 11.4. The normalized spacial score (nSPS) is 10.5. The molecular weight excluding hydrogens is 200 g/mol. The van der Waals surface area contributed by atoms with Crippen molar-refractivity contribution in [2.45, 2.75) is 6.92 Å². The Morgan fingerprint density at radius 2 is 2.20 bits per heavy atom. The van der Waals surface area contributed by atoms with Gasteiger partial charge in [-0.2, -0.15) is 0 Å². The number of fused-ring (bicyclic) bond motifs is 1. The van der Waals surface area contributed by atoms with E-state index < -0.39 is 10.4 Å². The molecule has 76 valence electrons. The summed E-state index contributed by atoms with van der Waals surface area (Å²) in [5.74, 6) is 0. The third-order valence-electron chi connectivity index (χ3n) is 2.04. The largest absolute Gasteiger partial charge is 0.352 e. The van der Waals surface area contributed by atoms with E-state index in [4.69, 9.17) is 4.52 Å². The van der Waals surface area contributed by atoms with Crippen LogP contribution < -0.4 is 5.43 Å². The molecule has 2 rings (SSSR count). The molecule has 15 heavy (non-hydrogen) atoms. The fraction of sp³-hybridized carbons (Fsp3) is 0.111. The van der Waals surface area contributed by atoms with E-state index in [-0.39, 0.29) is 11.3 Å². The van der Waals surface area contributed by atoms with Gasteiger partial charge in [-0.3, -0.25) is 14.9 Å². The fourth-order valence-electron chi connectivity index (χ4n) is 1.27. The molecule has 6 nitrogen and oxygen atoms in total. The average molecular weight is 206 g/mol. The third-order valence-corrected chi connectivity index (χ3v) is 2.04. The molecule has 0 unspecified atom stereocenters. The van der Waals surface area contributed by atoms with Gasteiger partial charge in [-0.25, -0.2) is 0 Å². The Labute approximate surface area is 83.3 Å². The number of aryl methyl sites for hydroxylation is 1. The summed E-state index contributed by atoms with van der Waals surface area (Å²) in [6.45, 7) is 1.62. The molecule has 0 saturated heterocycles. The molecule has 6 heteroatoms. The number of rotatable bonds is 1. The van der Waals surface area contributed by atoms with Crippen molar-refractivity contribution in [3.63, 3.8) is 0 Å². The molecule has 0 bridgehead atoms. The molecule has 0 fully saturated rings. The molecule has 0 spiro atoms. The van der Waals surface area contributed by atoms with Gasteiger partial charge in [-0.1, -0.05) is 5.16 Å². The predicted molar refractivity (Wildman–Crippen MR) is 51.7 cm³/mol. The first-order valence-corrected chi connectivity index (χ1v) is 4.14. The van der Waals surface area contributed by atoms with E-state index in [1.54, 1.807) is 6.92 Å². The predicted octanol–water partition coefficient (Wildman–Crippen LogP) is 1.40. The molecule has 0 aliphatic rings. The summed E-state index contributed by atoms with van der Waals surface area (Å²) in [6, 6.07) is 3.53. The highest BCUT2D eigenvalue weighted by Crippen LogP contribution is 2.18. The van der Waals surface area contributed by atoms with E-state index in [2.05, 4.69) is 5.16 Å². The minimum absolute atomic E-state index is 0.0422. The SMILES string of the molecule is Cc1noc2c(=O)ccc([N+](=O)[O-])cc12. The van der Waals surface area contributed by atoms with E-state index in [1.807, 2.05) is 0 Å². The molecule has 0 atom stereocenters. The molecule has 2 aromatic rings. The number of hydrogen-bond donors (Lipinski definition) is 0. The second-order valence-corrected chi connectivity index (χ2v) is 3.03. The van der Waals surface area contributed by atoms with Crippen molar-refractivity contribution >= 4 is 16.7 Å². The highest BCUT2D eigenvalue weighted by atomic mass is 16.6. The van der Waals surface area contributed by atoms with E-state index in [0.29, 0.717) is 11.1 Å². The lowest BCUT2D eigenvalue weighted by atomic mass is 10.3. The second-order valence-electron chi connectivity index (χ2n) is 3.03. The van der Waals surface area contributed by atoms with Crippen LogP contribution in [-0.2, 0) is 0 Å². The van der Waals surface area contributed by atoms with Gasteiger partial charge in [-0.15, -0.1) is 0 Å². The van der Waals surface area contributed by atoms with Crippen LogP contribution in [0.15, 0.2) is 27.5 Å². The van der Waals surface area contributed by atoms with E-state index in [1.165, 1.54) is 6.07 Å². The van der Waals surface area contributed by atoms with Crippen molar-refractivity contribution in [1.29, 1.82) is 0 Å². The van der Waals surface area contributed by atoms with Gasteiger partial charge in [0.2, 0.25) is 11.0 Å². The summed E-state index contributed by atoms with van der Waals surface area (Å²) in [4.78, 5) is 21.4. The van der Waals surface area contributed by atoms with E-state index in [0.717, 1.165) is 12.1 Å². The van der Waals surface area contributed by atoms with Crippen LogP contribution in [0.25, 0.3) is 11.0 Å². The van der Waals surface area contributed by atoms with Crippen LogP contribution in [0.5, 0.6) is 0 Å². The summed E-state index contributed by atoms with van der Waals surface area (Å²) in [5, 5.41) is 14.5. The number of aromatic nitrogens is 1. The maximum atomic E-state index is 11.4. The third kappa shape index (κ3) is 1.45. The summed E-state index contributed by atoms with van der Waals surface area (Å²) in [6.07, 6.45) is 0. The van der Waals surface area contributed by atoms with E-state index in [9.17, 15) is 14.9 Å². The first-order chi connectivity index (χ1) is 7.09. The lowest BCUT2D eigenvalue weighted by Crippen LogP contribution is -1.91. The van der Waals surface area contributed by atoms with Crippen LogP contribution >= 0.6 is 0 Å². The molecule has 1 aromatic heterocycles. The first-order valence-electron chi connectivity index (χ1n) is 4.14. The summed E-state index contributed by atoms with van der Waals surface area (Å²) in [7, 11) is 0. The van der Waals surface area contributed by atoms with Crippen molar-refractivity contribution in [3.8, 4) is 0 Å². The smallest absolute Gasteiger partial charge is 0.270 e. The van der Waals surface area contributed by atoms with Crippen LogP contribution in [0.2, 0.25) is 0 Å². The van der Waals surface area contributed by atoms with Gasteiger partial charge < -0.3 is 4.52 Å². The van der Waals surface area contributed by atoms with Gasteiger partial charge in [0.1, 0.15) is 0 Å². The standard InChI is InChI=1S/C9H6N2O4/c1-5-7-4-6(11(13)14)2-3-8(12)9(7)15-10-5/h2-4H,1H3. The summed E-state index contributed by atoms with van der Waals surface area (Å²) >= 11 is 0. The highest BCUT2D eigenvalue weighted by Gasteiger charge is 2.11. The van der Waals surface area contributed by atoms with Crippen molar-refractivity contribution in [2.24, 2.45) is 0 Å². The van der Waals surface area contributed by atoms with Crippen LogP contribution in [0.3, 0.4) is 0 Å². The number of nitro groups is 1. The maximum Gasteiger partial charge on any atom is 0.270 e. The van der Waals surface area contributed by atoms with Crippen LogP contribution in [0, 0.1) is 17.0 Å². The van der Waals surface area contributed by atoms with Gasteiger partial charge in [0.25, 0.3) is 5.69 Å². The molecule has 1 heterocycles. The monoisotopic (exact) mass is 206 g/mol. The van der Waals surface area contributed by atoms with Crippen LogP contribution in [0.1, 0.15) is 5.69 Å². The zero-order valence-corrected chi connectivity index (χ0v) is 7.76. The molecule has 0 radical (unpaired) electrons. The molecule has 0 aliphatic heterocycles. The number of hydrogen-bond acceptors (Lipinski definition) is 5. The second kappa shape index (κ2) is 3.16. The van der Waals surface area contributed by atoms with Gasteiger partial charge in [-0.05, 0) is 13.0 Å². The van der Waals surface area contributed by atoms with Gasteiger partial charge in [0, 0.05) is 12.1 Å². The molecule has 0 saturated carbocycles. The number of nitrogens with zero attached hydrogens (tertiary/aromatic N) is 2. The zero-order valence-electron chi connectivity index (χ0n) is 7.76. The van der Waals surface area contributed by atoms with Gasteiger partial charge in [0.05, 0.1) is 16.0 Å². The summed E-state index contributed by atoms with van der Waals surface area (Å²) in [5.41, 5.74) is -0.0749. The Kier molecular flexibility index (Phi) is 1.96. The Morgan fingerprint density at radius 3 is 2.87 bits per heavy atom. The van der Waals surface area contributed by atoms with Gasteiger partial charge >= 0.3 is 0 Å². The minimum atomic E-state index is -0.564. The van der Waals surface area contributed by atoms with Crippen LogP contribution in [-0.4, -0.2) is 10.1 Å². The Bertz CT molecular complexity index is 603. The quantitative estimate of drug-likeness (QED) is 0.520. The Balaban J connectivity index is 2.95. The zero-order chi connectivity index (χ0) is 11.0. The fourth-order valence-corrected chi connectivity index (χ4v) is 1.27. The van der Waals surface area contributed by atoms with Crippen molar-refractivity contribution in [2.75, 3.05) is 0 Å². The van der Waals surface area contributed by atoms with Crippen molar-refractivity contribution in [1.82, 2.24) is 5.16 Å². The van der Waals surface area contributed by atoms with Crippen LogP contribution in [0.4, 0.5) is 5.69 Å². The van der Waals surface area contributed by atoms with Gasteiger partial charge in [0.15, 0.2) is 0 Å². The average Bonchev–Trinajstić information content (AvgIpc) is 2.43. The van der Waals surface area contributed by atoms with Crippen molar-refractivity contribution in [3.05, 3.63) is 44.2 Å². The Hall–Kier alpha value is -2.24. The molecule has 0 amide bonds.